The van der Waals surface area contributed by atoms with E-state index >= 15 is 0 Å². The lowest BCUT2D eigenvalue weighted by atomic mass is 10.1. The van der Waals surface area contributed by atoms with Gasteiger partial charge in [0.1, 0.15) is 5.69 Å². The first-order valence-electron chi connectivity index (χ1n) is 6.07. The fraction of sp³-hybridized carbons (Fsp3) is 0.462. The molecule has 0 bridgehead atoms. The van der Waals surface area contributed by atoms with E-state index in [9.17, 15) is 0 Å². The number of ether oxygens (including phenoxy) is 1. The van der Waals surface area contributed by atoms with Crippen LogP contribution in [0.4, 0.5) is 0 Å². The molecule has 1 N–H and O–H groups in total. The Kier molecular flexibility index (Phi) is 6.99. The van der Waals surface area contributed by atoms with Crippen LogP contribution in [-0.2, 0) is 0 Å². The summed E-state index contributed by atoms with van der Waals surface area (Å²) in [6.45, 7) is 4.43. The molecule has 0 amide bonds. The van der Waals surface area contributed by atoms with Crippen LogP contribution < -0.4 is 4.74 Å². The molecular weight excluding hydrogens is 262 g/mol. The summed E-state index contributed by atoms with van der Waals surface area (Å²) in [6.07, 6.45) is 6.10. The zero-order valence-electron chi connectivity index (χ0n) is 11.4. The molecule has 0 spiro atoms. The van der Waals surface area contributed by atoms with Crippen molar-refractivity contribution in [2.24, 2.45) is 5.92 Å². The van der Waals surface area contributed by atoms with E-state index < -0.39 is 0 Å². The summed E-state index contributed by atoms with van der Waals surface area (Å²) in [5.41, 5.74) is 2.55. The highest BCUT2D eigenvalue weighted by atomic mass is 32.1. The van der Waals surface area contributed by atoms with Gasteiger partial charge in [0.2, 0.25) is 5.88 Å². The first-order chi connectivity index (χ1) is 9.21. The van der Waals surface area contributed by atoms with Crippen molar-refractivity contribution in [3.8, 4) is 16.5 Å². The Morgan fingerprint density at radius 3 is 2.58 bits per heavy atom. The van der Waals surface area contributed by atoms with Gasteiger partial charge in [-0.1, -0.05) is 20.3 Å². The van der Waals surface area contributed by atoms with E-state index in [4.69, 9.17) is 9.84 Å². The van der Waals surface area contributed by atoms with E-state index in [0.29, 0.717) is 18.4 Å². The molecule has 0 aromatic carbocycles. The molecule has 0 radical (unpaired) electrons. The van der Waals surface area contributed by atoms with Crippen LogP contribution in [-0.4, -0.2) is 33.8 Å². The predicted molar refractivity (Wildman–Crippen MR) is 76.2 cm³/mol. The van der Waals surface area contributed by atoms with Gasteiger partial charge in [-0.3, -0.25) is 9.97 Å². The number of methoxy groups -OCH3 is 1. The first-order valence-corrected chi connectivity index (χ1v) is 6.95. The van der Waals surface area contributed by atoms with E-state index in [-0.39, 0.29) is 0 Å². The molecule has 0 unspecified atom stereocenters. The molecule has 0 aliphatic rings. The fourth-order valence-electron chi connectivity index (χ4n) is 1.04. The van der Waals surface area contributed by atoms with Gasteiger partial charge >= 0.3 is 0 Å². The zero-order chi connectivity index (χ0) is 14.1. The van der Waals surface area contributed by atoms with Crippen LogP contribution in [0.1, 0.15) is 20.3 Å². The van der Waals surface area contributed by atoms with Gasteiger partial charge in [-0.15, -0.1) is 11.3 Å². The van der Waals surface area contributed by atoms with E-state index in [2.05, 4.69) is 21.9 Å². The van der Waals surface area contributed by atoms with Crippen LogP contribution in [0.25, 0.3) is 10.6 Å². The molecule has 0 aliphatic heterocycles. The summed E-state index contributed by atoms with van der Waals surface area (Å²) in [6, 6.07) is 0. The maximum Gasteiger partial charge on any atom is 0.232 e. The quantitative estimate of drug-likeness (QED) is 0.933. The Hall–Kier alpha value is -1.53. The van der Waals surface area contributed by atoms with Gasteiger partial charge in [-0.25, -0.2) is 4.98 Å². The van der Waals surface area contributed by atoms with Gasteiger partial charge in [-0.2, -0.15) is 0 Å². The third-order valence-electron chi connectivity index (χ3n) is 2.51. The van der Waals surface area contributed by atoms with Gasteiger partial charge in [0, 0.05) is 12.8 Å². The summed E-state index contributed by atoms with van der Waals surface area (Å²) in [5.74, 6) is 1.01. The van der Waals surface area contributed by atoms with E-state index in [1.165, 1.54) is 11.3 Å². The molecule has 104 valence electrons. The summed E-state index contributed by atoms with van der Waals surface area (Å²) < 4.78 is 4.96. The predicted octanol–water partition coefficient (Wildman–Crippen LogP) is 2.63. The van der Waals surface area contributed by atoms with Crippen molar-refractivity contribution in [2.75, 3.05) is 13.7 Å². The van der Waals surface area contributed by atoms with Crippen LogP contribution >= 0.6 is 11.3 Å². The molecule has 5 nitrogen and oxygen atoms in total. The van der Waals surface area contributed by atoms with Crippen LogP contribution in [0.5, 0.6) is 5.88 Å². The van der Waals surface area contributed by atoms with E-state index in [1.807, 2.05) is 6.92 Å². The molecule has 2 aromatic rings. The highest BCUT2D eigenvalue weighted by Gasteiger charge is 2.02. The molecule has 2 aromatic heterocycles. The number of rotatable bonds is 4. The number of aliphatic hydroxyl groups is 1. The van der Waals surface area contributed by atoms with Crippen molar-refractivity contribution in [1.29, 1.82) is 0 Å². The monoisotopic (exact) mass is 281 g/mol. The second-order valence-electron chi connectivity index (χ2n) is 4.01. The lowest BCUT2D eigenvalue weighted by molar-refractivity contribution is 0.234. The second kappa shape index (κ2) is 8.55. The summed E-state index contributed by atoms with van der Waals surface area (Å²) in [7, 11) is 1.57. The summed E-state index contributed by atoms with van der Waals surface area (Å²) >= 11 is 1.53. The van der Waals surface area contributed by atoms with Crippen molar-refractivity contribution in [3.05, 3.63) is 24.1 Å². The minimum Gasteiger partial charge on any atom is -0.480 e. The minimum atomic E-state index is 0.330. The Balaban J connectivity index is 0.000000258. The maximum absolute atomic E-state index is 8.33. The number of hydrogen-bond acceptors (Lipinski definition) is 6. The molecule has 0 saturated heterocycles. The van der Waals surface area contributed by atoms with Crippen molar-refractivity contribution in [2.45, 2.75) is 20.3 Å². The number of nitrogens with zero attached hydrogens (tertiary/aromatic N) is 3. The third kappa shape index (κ3) is 5.32. The van der Waals surface area contributed by atoms with E-state index in [0.717, 1.165) is 17.0 Å². The van der Waals surface area contributed by atoms with Gasteiger partial charge < -0.3 is 9.84 Å². The van der Waals surface area contributed by atoms with Crippen molar-refractivity contribution < 1.29 is 9.84 Å². The van der Waals surface area contributed by atoms with Gasteiger partial charge in [0.25, 0.3) is 0 Å². The van der Waals surface area contributed by atoms with Crippen LogP contribution in [0.2, 0.25) is 0 Å². The maximum atomic E-state index is 8.33. The van der Waals surface area contributed by atoms with Crippen molar-refractivity contribution in [3.63, 3.8) is 0 Å². The molecule has 2 heterocycles. The number of thiazole rings is 1. The third-order valence-corrected chi connectivity index (χ3v) is 3.31. The Bertz CT molecular complexity index is 459. The van der Waals surface area contributed by atoms with Crippen molar-refractivity contribution >= 4 is 11.3 Å². The highest BCUT2D eigenvalue weighted by molar-refractivity contribution is 7.13. The lowest BCUT2D eigenvalue weighted by Gasteiger charge is -1.98. The Morgan fingerprint density at radius 2 is 2.11 bits per heavy atom. The fourth-order valence-corrected chi connectivity index (χ4v) is 1.61. The molecule has 0 aliphatic carbocycles. The standard InChI is InChI=1S/C8H7N3OS.C5H12O/c1-12-8-4-9-2-6(11-8)7-3-10-5-13-7;1-3-5(2)4-6/h2-5H,1H3;5-6H,3-4H2,1-2H3/t;5-/m.0/s1. The van der Waals surface area contributed by atoms with Gasteiger partial charge in [-0.05, 0) is 5.92 Å². The SMILES string of the molecule is CC[C@H](C)CO.COc1cncc(-c2cncs2)n1. The summed E-state index contributed by atoms with van der Waals surface area (Å²) in [5, 5.41) is 8.33. The highest BCUT2D eigenvalue weighted by Crippen LogP contribution is 2.21. The molecule has 19 heavy (non-hydrogen) atoms. The zero-order valence-corrected chi connectivity index (χ0v) is 12.2. The van der Waals surface area contributed by atoms with Crippen molar-refractivity contribution in [1.82, 2.24) is 15.0 Å². The molecule has 1 atom stereocenters. The van der Waals surface area contributed by atoms with Gasteiger partial charge in [0.05, 0.1) is 29.9 Å². The van der Waals surface area contributed by atoms with Gasteiger partial charge in [0.15, 0.2) is 0 Å². The van der Waals surface area contributed by atoms with E-state index in [1.54, 1.807) is 31.2 Å². The lowest BCUT2D eigenvalue weighted by Crippen LogP contribution is -1.96. The smallest absolute Gasteiger partial charge is 0.232 e. The Labute approximate surface area is 117 Å². The normalized spacial score (nSPS) is 11.4. The molecule has 6 heteroatoms. The number of hydrogen-bond donors (Lipinski definition) is 1. The Morgan fingerprint density at radius 1 is 1.32 bits per heavy atom. The second-order valence-corrected chi connectivity index (χ2v) is 4.89. The van der Waals surface area contributed by atoms with Crippen LogP contribution in [0.15, 0.2) is 24.1 Å². The van der Waals surface area contributed by atoms with Crippen LogP contribution in [0.3, 0.4) is 0 Å². The minimum absolute atomic E-state index is 0.330. The number of aliphatic hydroxyl groups excluding tert-OH is 1. The average Bonchev–Trinajstić information content (AvgIpc) is 3.01. The molecule has 2 rings (SSSR count). The molecule has 0 saturated carbocycles. The van der Waals surface area contributed by atoms with Crippen LogP contribution in [0, 0.1) is 5.92 Å². The average molecular weight is 281 g/mol. The molecule has 0 fully saturated rings. The topological polar surface area (TPSA) is 68.1 Å². The first kappa shape index (κ1) is 15.5. The number of aromatic nitrogens is 3. The molecular formula is C13H19N3O2S. The summed E-state index contributed by atoms with van der Waals surface area (Å²) in [4.78, 5) is 13.2. The largest absolute Gasteiger partial charge is 0.480 e.